The normalized spacial score (nSPS) is 23.2. The van der Waals surface area contributed by atoms with E-state index in [-0.39, 0.29) is 30.7 Å². The number of nitrogens with zero attached hydrogens (tertiary/aromatic N) is 3. The van der Waals surface area contributed by atoms with Crippen LogP contribution < -0.4 is 0 Å². The summed E-state index contributed by atoms with van der Waals surface area (Å²) in [6, 6.07) is 4.82. The summed E-state index contributed by atoms with van der Waals surface area (Å²) >= 11 is 1.36. The number of hydrogen-bond donors (Lipinski definition) is 1. The van der Waals surface area contributed by atoms with Gasteiger partial charge in [-0.3, -0.25) is 4.79 Å². The first-order valence-electron chi connectivity index (χ1n) is 10.7. The second kappa shape index (κ2) is 8.42. The molecule has 0 spiro atoms. The van der Waals surface area contributed by atoms with Crippen molar-refractivity contribution in [1.82, 2.24) is 14.5 Å². The molecule has 168 valence electrons. The van der Waals surface area contributed by atoms with E-state index in [2.05, 4.69) is 9.55 Å². The van der Waals surface area contributed by atoms with Gasteiger partial charge in [0.1, 0.15) is 18.2 Å². The average Bonchev–Trinajstić information content (AvgIpc) is 3.45. The molecular formula is C23H22F3N3O2S. The Bertz CT molecular complexity index is 1170. The van der Waals surface area contributed by atoms with Crippen molar-refractivity contribution >= 4 is 28.8 Å². The molecule has 32 heavy (non-hydrogen) atoms. The van der Waals surface area contributed by atoms with E-state index in [1.165, 1.54) is 17.8 Å². The SMILES string of the molecule is O=C(O)Cc1cc(CSc2ncc3c(n2)c(C2C[C@@H](F)[C@@H](F)C2)cn3C2CC2)ccc1F. The minimum atomic E-state index is -1.44. The first kappa shape index (κ1) is 21.3. The van der Waals surface area contributed by atoms with Crippen molar-refractivity contribution in [1.29, 1.82) is 0 Å². The van der Waals surface area contributed by atoms with Crippen molar-refractivity contribution in [2.24, 2.45) is 0 Å². The molecule has 2 aromatic heterocycles. The summed E-state index contributed by atoms with van der Waals surface area (Å²) in [6.45, 7) is 0. The van der Waals surface area contributed by atoms with E-state index in [1.807, 2.05) is 6.20 Å². The Hall–Kier alpha value is -2.55. The van der Waals surface area contributed by atoms with Gasteiger partial charge in [0.2, 0.25) is 0 Å². The summed E-state index contributed by atoms with van der Waals surface area (Å²) in [5, 5.41) is 9.46. The number of carbonyl (C=O) groups is 1. The second-order valence-corrected chi connectivity index (χ2v) is 9.54. The molecule has 0 bridgehead atoms. The maximum absolute atomic E-state index is 13.9. The highest BCUT2D eigenvalue weighted by Crippen LogP contribution is 2.44. The van der Waals surface area contributed by atoms with Gasteiger partial charge in [0.05, 0.1) is 23.7 Å². The lowest BCUT2D eigenvalue weighted by Crippen LogP contribution is -2.06. The fourth-order valence-corrected chi connectivity index (χ4v) is 5.18. The highest BCUT2D eigenvalue weighted by Gasteiger charge is 2.38. The Morgan fingerprint density at radius 2 is 1.97 bits per heavy atom. The highest BCUT2D eigenvalue weighted by atomic mass is 32.2. The van der Waals surface area contributed by atoms with Crippen LogP contribution in [0.15, 0.2) is 35.7 Å². The van der Waals surface area contributed by atoms with E-state index in [9.17, 15) is 18.0 Å². The number of thioether (sulfide) groups is 1. The zero-order valence-electron chi connectivity index (χ0n) is 17.2. The third kappa shape index (κ3) is 4.22. The van der Waals surface area contributed by atoms with Crippen LogP contribution >= 0.6 is 11.8 Å². The Morgan fingerprint density at radius 1 is 1.22 bits per heavy atom. The van der Waals surface area contributed by atoms with E-state index >= 15 is 0 Å². The number of hydrogen-bond acceptors (Lipinski definition) is 4. The highest BCUT2D eigenvalue weighted by molar-refractivity contribution is 7.98. The van der Waals surface area contributed by atoms with Crippen LogP contribution in [0.1, 0.15) is 54.3 Å². The quantitative estimate of drug-likeness (QED) is 0.378. The van der Waals surface area contributed by atoms with E-state index in [0.717, 1.165) is 35.0 Å². The Balaban J connectivity index is 1.41. The zero-order chi connectivity index (χ0) is 22.4. The predicted molar refractivity (Wildman–Crippen MR) is 115 cm³/mol. The summed E-state index contributed by atoms with van der Waals surface area (Å²) in [5.41, 5.74) is 3.41. The fraction of sp³-hybridized carbons (Fsp3) is 0.435. The van der Waals surface area contributed by atoms with Crippen LogP contribution in [-0.2, 0) is 17.0 Å². The number of aliphatic carboxylic acids is 1. The largest absolute Gasteiger partial charge is 0.481 e. The Labute approximate surface area is 187 Å². The van der Waals surface area contributed by atoms with Crippen LogP contribution in [0.25, 0.3) is 11.0 Å². The molecule has 3 atom stereocenters. The Morgan fingerprint density at radius 3 is 2.66 bits per heavy atom. The second-order valence-electron chi connectivity index (χ2n) is 8.59. The molecule has 3 aromatic rings. The first-order valence-corrected chi connectivity index (χ1v) is 11.6. The molecule has 0 saturated heterocycles. The summed E-state index contributed by atoms with van der Waals surface area (Å²) in [5.74, 6) is -1.39. The molecule has 1 N–H and O–H groups in total. The predicted octanol–water partition coefficient (Wildman–Crippen LogP) is 5.38. The molecule has 2 fully saturated rings. The lowest BCUT2D eigenvalue weighted by Gasteiger charge is -2.08. The van der Waals surface area contributed by atoms with Crippen molar-refractivity contribution in [3.63, 3.8) is 0 Å². The lowest BCUT2D eigenvalue weighted by atomic mass is 9.99. The molecule has 0 aliphatic heterocycles. The van der Waals surface area contributed by atoms with Gasteiger partial charge in [-0.15, -0.1) is 0 Å². The van der Waals surface area contributed by atoms with Crippen LogP contribution in [0.4, 0.5) is 13.2 Å². The number of rotatable bonds is 7. The van der Waals surface area contributed by atoms with Crippen LogP contribution in [0.2, 0.25) is 0 Å². The number of alkyl halides is 2. The van der Waals surface area contributed by atoms with Gasteiger partial charge in [-0.1, -0.05) is 23.9 Å². The minimum absolute atomic E-state index is 0.138. The molecule has 1 unspecified atom stereocenters. The minimum Gasteiger partial charge on any atom is -0.481 e. The standard InChI is InChI=1S/C23H22F3N3O2S/c24-17-4-1-12(5-14(17)8-21(30)31)11-32-23-27-9-20-22(28-23)16(10-29(20)15-2-3-15)13-6-18(25)19(26)7-13/h1,4-5,9-10,13,15,18-19H,2-3,6-8,11H2,(H,30,31)/t13?,18-,19+. The van der Waals surface area contributed by atoms with Crippen molar-refractivity contribution in [3.05, 3.63) is 53.1 Å². The van der Waals surface area contributed by atoms with E-state index in [1.54, 1.807) is 18.3 Å². The third-order valence-corrected chi connectivity index (χ3v) is 7.12. The van der Waals surface area contributed by atoms with Gasteiger partial charge in [-0.2, -0.15) is 0 Å². The average molecular weight is 462 g/mol. The molecule has 0 radical (unpaired) electrons. The first-order chi connectivity index (χ1) is 15.4. The topological polar surface area (TPSA) is 68.0 Å². The number of carboxylic acid groups (broad SMARTS) is 1. The Kier molecular flexibility index (Phi) is 5.61. The summed E-state index contributed by atoms with van der Waals surface area (Å²) in [4.78, 5) is 20.1. The van der Waals surface area contributed by atoms with Gasteiger partial charge in [0.15, 0.2) is 5.16 Å². The molecule has 5 nitrogen and oxygen atoms in total. The molecular weight excluding hydrogens is 439 g/mol. The van der Waals surface area contributed by atoms with E-state index in [0.29, 0.717) is 17.0 Å². The van der Waals surface area contributed by atoms with Gasteiger partial charge in [-0.05, 0) is 54.4 Å². The van der Waals surface area contributed by atoms with Crippen LogP contribution in [0.3, 0.4) is 0 Å². The number of aromatic nitrogens is 3. The van der Waals surface area contributed by atoms with Gasteiger partial charge >= 0.3 is 5.97 Å². The molecule has 2 heterocycles. The maximum atomic E-state index is 13.9. The van der Waals surface area contributed by atoms with Gasteiger partial charge in [0, 0.05) is 18.0 Å². The molecule has 5 rings (SSSR count). The number of halogens is 3. The summed E-state index contributed by atoms with van der Waals surface area (Å²) < 4.78 is 43.7. The number of benzene rings is 1. The lowest BCUT2D eigenvalue weighted by molar-refractivity contribution is -0.136. The monoisotopic (exact) mass is 461 g/mol. The third-order valence-electron chi connectivity index (χ3n) is 6.19. The van der Waals surface area contributed by atoms with Crippen LogP contribution in [-0.4, -0.2) is 38.0 Å². The fourth-order valence-electron chi connectivity index (χ4n) is 4.42. The van der Waals surface area contributed by atoms with Gasteiger partial charge < -0.3 is 9.67 Å². The smallest absolute Gasteiger partial charge is 0.307 e. The molecule has 1 aromatic carbocycles. The zero-order valence-corrected chi connectivity index (χ0v) is 18.0. The maximum Gasteiger partial charge on any atom is 0.307 e. The van der Waals surface area contributed by atoms with Crippen molar-refractivity contribution in [2.75, 3.05) is 0 Å². The van der Waals surface area contributed by atoms with Crippen molar-refractivity contribution < 1.29 is 23.1 Å². The van der Waals surface area contributed by atoms with Crippen LogP contribution in [0, 0.1) is 5.82 Å². The van der Waals surface area contributed by atoms with Crippen molar-refractivity contribution in [3.8, 4) is 0 Å². The number of carboxylic acids is 1. The van der Waals surface area contributed by atoms with Crippen molar-refractivity contribution in [2.45, 2.75) is 67.3 Å². The molecule has 2 aliphatic rings. The van der Waals surface area contributed by atoms with E-state index < -0.39 is 24.1 Å². The van der Waals surface area contributed by atoms with E-state index in [4.69, 9.17) is 10.1 Å². The summed E-state index contributed by atoms with van der Waals surface area (Å²) in [6.07, 6.45) is 3.00. The molecule has 2 aliphatic carbocycles. The number of fused-ring (bicyclic) bond motifs is 1. The van der Waals surface area contributed by atoms with Crippen LogP contribution in [0.5, 0.6) is 0 Å². The van der Waals surface area contributed by atoms with Gasteiger partial charge in [-0.25, -0.2) is 23.1 Å². The molecule has 9 heteroatoms. The summed E-state index contributed by atoms with van der Waals surface area (Å²) in [7, 11) is 0. The molecule has 2 saturated carbocycles. The molecule has 0 amide bonds. The van der Waals surface area contributed by atoms with Gasteiger partial charge in [0.25, 0.3) is 0 Å².